The van der Waals surface area contributed by atoms with E-state index < -0.39 is 19.6 Å². The number of carbonyl (C=O) groups is 3. The topological polar surface area (TPSA) is 179 Å². The van der Waals surface area contributed by atoms with Crippen LogP contribution in [-0.2, 0) is 36.2 Å². The second-order valence-corrected chi connectivity index (χ2v) is 10.9. The molecule has 0 saturated carbocycles. The van der Waals surface area contributed by atoms with Crippen molar-refractivity contribution in [1.29, 1.82) is 0 Å². The summed E-state index contributed by atoms with van der Waals surface area (Å²) in [6, 6.07) is 14.4. The number of hydrogen-bond donors (Lipinski definition) is 4. The van der Waals surface area contributed by atoms with Gasteiger partial charge in [-0.3, -0.25) is 0 Å². The maximum atomic E-state index is 13.4. The van der Waals surface area contributed by atoms with Crippen molar-refractivity contribution in [3.8, 4) is 5.75 Å². The van der Waals surface area contributed by atoms with Crippen LogP contribution in [0.4, 0.5) is 0 Å². The summed E-state index contributed by atoms with van der Waals surface area (Å²) < 4.78 is 28.4. The Kier molecular flexibility index (Phi) is 12.9. The summed E-state index contributed by atoms with van der Waals surface area (Å²) in [6.07, 6.45) is 0. The van der Waals surface area contributed by atoms with E-state index in [0.29, 0.717) is 46.2 Å². The van der Waals surface area contributed by atoms with Gasteiger partial charge in [0.1, 0.15) is 0 Å². The number of rotatable bonds is 14. The minimum absolute atomic E-state index is 0.0278. The summed E-state index contributed by atoms with van der Waals surface area (Å²) in [6.45, 7) is 4.34. The van der Waals surface area contributed by atoms with E-state index in [1.54, 1.807) is 13.8 Å². The Morgan fingerprint density at radius 3 is 1.83 bits per heavy atom. The average molecular weight is 652 g/mol. The van der Waals surface area contributed by atoms with Crippen LogP contribution in [0.5, 0.6) is 5.75 Å². The molecule has 0 saturated heterocycles. The summed E-state index contributed by atoms with van der Waals surface area (Å²) in [7, 11) is 0. The minimum atomic E-state index is -2.19. The van der Waals surface area contributed by atoms with Gasteiger partial charge in [0.25, 0.3) is 0 Å². The van der Waals surface area contributed by atoms with Crippen LogP contribution in [0.2, 0.25) is 0 Å². The molecule has 0 aliphatic rings. The van der Waals surface area contributed by atoms with Crippen molar-refractivity contribution >= 4 is 50.9 Å². The standard InChI is InChI=1S/C16H14NO6S.C9H10NO4S.Co.O/c1-2-17-15(18)12-8-9-13(14(10-12)24-23-22-20)21-16(19)11-6-4-3-5-7-11;1-2-10-9(11)7-4-3-5-8(6-7)15-14-13-12;;/h4-10,20H,2H2,1H3,(H,17,18);3-4,6,12H,2H2,1H3,(H,10,11);;. The fourth-order valence-electron chi connectivity index (χ4n) is 3.19. The van der Waals surface area contributed by atoms with Gasteiger partial charge in [0, 0.05) is 6.54 Å². The number of esters is 1. The molecule has 4 N–H and O–H groups in total. The Hall–Kier alpha value is -3.16. The number of ether oxygens (including phenoxy) is 1. The maximum absolute atomic E-state index is 13.4. The molecule has 3 aromatic rings. The van der Waals surface area contributed by atoms with Gasteiger partial charge in [-0.2, -0.15) is 0 Å². The van der Waals surface area contributed by atoms with E-state index in [1.165, 1.54) is 60.7 Å². The molecule has 2 amide bonds. The van der Waals surface area contributed by atoms with Crippen LogP contribution in [0.1, 0.15) is 44.9 Å². The van der Waals surface area contributed by atoms with Crippen LogP contribution in [0.15, 0.2) is 70.5 Å². The molecule has 0 spiro atoms. The van der Waals surface area contributed by atoms with Gasteiger partial charge >= 0.3 is 234 Å². The van der Waals surface area contributed by atoms with Gasteiger partial charge in [-0.05, 0) is 6.92 Å². The van der Waals surface area contributed by atoms with Gasteiger partial charge in [-0.15, -0.1) is 0 Å². The van der Waals surface area contributed by atoms with Crippen LogP contribution in [0, 0.1) is 0 Å². The summed E-state index contributed by atoms with van der Waals surface area (Å²) in [4.78, 5) is 37.6. The zero-order chi connectivity index (χ0) is 29.8. The van der Waals surface area contributed by atoms with Gasteiger partial charge in [0.15, 0.2) is 0 Å². The van der Waals surface area contributed by atoms with Gasteiger partial charge in [0.2, 0.25) is 0 Å². The number of nitrogens with one attached hydrogen (secondary N) is 2. The molecule has 0 bridgehead atoms. The second kappa shape index (κ2) is 16.3. The van der Waals surface area contributed by atoms with Gasteiger partial charge < -0.3 is 0 Å². The van der Waals surface area contributed by atoms with Gasteiger partial charge in [-0.1, -0.05) is 0 Å². The summed E-state index contributed by atoms with van der Waals surface area (Å²) in [5.41, 5.74) is 0.669. The van der Waals surface area contributed by atoms with Crippen LogP contribution < -0.4 is 24.4 Å². The molecule has 0 heterocycles. The number of hydrogen-bond acceptors (Lipinski definition) is 13. The van der Waals surface area contributed by atoms with E-state index in [9.17, 15) is 18.2 Å². The molecule has 0 aliphatic carbocycles. The van der Waals surface area contributed by atoms with E-state index in [0.717, 1.165) is 0 Å². The molecule has 0 aromatic heterocycles. The van der Waals surface area contributed by atoms with Gasteiger partial charge in [-0.25, -0.2) is 0 Å². The fraction of sp³-hybridized carbons (Fsp3) is 0.160. The molecular weight excluding hydrogens is 627 g/mol. The second-order valence-electron chi connectivity index (χ2n) is 7.54. The predicted molar refractivity (Wildman–Crippen MR) is 142 cm³/mol. The van der Waals surface area contributed by atoms with E-state index in [-0.39, 0.29) is 44.0 Å². The summed E-state index contributed by atoms with van der Waals surface area (Å²) >= 11 is -1.10. The third-order valence-corrected chi connectivity index (χ3v) is 8.25. The van der Waals surface area contributed by atoms with E-state index in [2.05, 4.69) is 29.4 Å². The third kappa shape index (κ3) is 8.91. The quantitative estimate of drug-likeness (QED) is 0.0657. The van der Waals surface area contributed by atoms with Crippen LogP contribution in [-0.4, -0.2) is 41.4 Å². The molecule has 0 unspecified atom stereocenters. The van der Waals surface area contributed by atoms with Crippen LogP contribution in [0.25, 0.3) is 0 Å². The van der Waals surface area contributed by atoms with E-state index in [4.69, 9.17) is 15.3 Å². The zero-order valence-corrected chi connectivity index (χ0v) is 24.1. The Bertz CT molecular complexity index is 1410. The molecule has 3 aromatic carbocycles. The monoisotopic (exact) mass is 651 g/mol. The molecule has 3 rings (SSSR count). The first kappa shape index (κ1) is 32.4. The fourth-order valence-corrected chi connectivity index (χ4v) is 5.84. The first-order valence-corrected chi connectivity index (χ1v) is 14.5. The van der Waals surface area contributed by atoms with Crippen LogP contribution >= 0.6 is 24.1 Å². The number of benzene rings is 3. The molecular formula is C25H24CoN2O11S2. The van der Waals surface area contributed by atoms with Crippen molar-refractivity contribution in [2.75, 3.05) is 13.1 Å². The molecule has 0 aliphatic heterocycles. The predicted octanol–water partition coefficient (Wildman–Crippen LogP) is 3.18. The Morgan fingerprint density at radius 2 is 1.27 bits per heavy atom. The normalized spacial score (nSPS) is 11.1. The molecule has 0 fully saturated rings. The van der Waals surface area contributed by atoms with Crippen molar-refractivity contribution in [2.24, 2.45) is 0 Å². The van der Waals surface area contributed by atoms with E-state index in [1.807, 2.05) is 0 Å². The Morgan fingerprint density at radius 1 is 0.756 bits per heavy atom. The molecule has 0 radical (unpaired) electrons. The summed E-state index contributed by atoms with van der Waals surface area (Å²) in [5, 5.41) is 29.6. The average Bonchev–Trinajstić information content (AvgIpc) is 2.99. The van der Waals surface area contributed by atoms with E-state index >= 15 is 0 Å². The third-order valence-electron chi connectivity index (χ3n) is 4.97. The van der Waals surface area contributed by atoms with Crippen molar-refractivity contribution in [3.63, 3.8) is 0 Å². The molecule has 41 heavy (non-hydrogen) atoms. The zero-order valence-electron chi connectivity index (χ0n) is 21.4. The van der Waals surface area contributed by atoms with Crippen LogP contribution in [0.3, 0.4) is 0 Å². The Balaban J connectivity index is 1.81. The molecule has 13 nitrogen and oxygen atoms in total. The molecule has 0 atom stereocenters. The SMILES string of the molecule is CCNC(=O)c1ccc(OC(=O)c2cc[c]([Co](=[O])[c]3ccc(C(=O)NCC)cc3SOOO)cc2)c(SOOO)c1. The summed E-state index contributed by atoms with van der Waals surface area (Å²) in [5.74, 6) is -1.45. The van der Waals surface area contributed by atoms with Gasteiger partial charge in [0.05, 0.1) is 0 Å². The number of carbonyl (C=O) groups excluding carboxylic acids is 3. The molecule has 16 heteroatoms. The van der Waals surface area contributed by atoms with Crippen molar-refractivity contribution in [2.45, 2.75) is 23.6 Å². The first-order valence-electron chi connectivity index (χ1n) is 11.6. The first-order chi connectivity index (χ1) is 19.8. The Labute approximate surface area is 246 Å². The van der Waals surface area contributed by atoms with Crippen molar-refractivity contribution < 1.29 is 65.8 Å². The number of amides is 2. The molecule has 221 valence electrons. The van der Waals surface area contributed by atoms with Crippen molar-refractivity contribution in [3.05, 3.63) is 77.4 Å². The van der Waals surface area contributed by atoms with Crippen molar-refractivity contribution in [1.82, 2.24) is 10.6 Å².